The minimum Gasteiger partial charge on any atom is -0.486 e. The molecule has 0 saturated heterocycles. The summed E-state index contributed by atoms with van der Waals surface area (Å²) in [7, 11) is 1.51. The van der Waals surface area contributed by atoms with Crippen LogP contribution < -0.4 is 15.4 Å². The van der Waals surface area contributed by atoms with E-state index < -0.39 is 0 Å². The Morgan fingerprint density at radius 3 is 2.70 bits per heavy atom. The van der Waals surface area contributed by atoms with Gasteiger partial charge in [0.1, 0.15) is 18.0 Å². The lowest BCUT2D eigenvalue weighted by molar-refractivity contribution is 0.0863. The van der Waals surface area contributed by atoms with Gasteiger partial charge in [-0.25, -0.2) is 0 Å². The predicted molar refractivity (Wildman–Crippen MR) is 96.3 cm³/mol. The van der Waals surface area contributed by atoms with Crippen LogP contribution >= 0.6 is 0 Å². The number of hydrogen-bond acceptors (Lipinski definition) is 6. The van der Waals surface area contributed by atoms with Crippen LogP contribution in [0, 0.1) is 0 Å². The molecule has 0 aromatic carbocycles. The number of hydrogen-bond donors (Lipinski definition) is 4. The summed E-state index contributed by atoms with van der Waals surface area (Å²) in [5, 5.41) is 22.5. The third kappa shape index (κ3) is 4.82. The minimum absolute atomic E-state index is 0.0138. The van der Waals surface area contributed by atoms with Gasteiger partial charge < -0.3 is 25.5 Å². The molecule has 2 heterocycles. The van der Waals surface area contributed by atoms with Gasteiger partial charge in [-0.2, -0.15) is 10.2 Å². The Morgan fingerprint density at radius 2 is 2.04 bits per heavy atom. The Kier molecular flexibility index (Phi) is 6.02. The molecule has 2 amide bonds. The first-order chi connectivity index (χ1) is 13.1. The van der Waals surface area contributed by atoms with Crippen LogP contribution in [0.4, 0.5) is 0 Å². The molecule has 9 nitrogen and oxygen atoms in total. The van der Waals surface area contributed by atoms with Gasteiger partial charge in [0.15, 0.2) is 5.75 Å². The lowest BCUT2D eigenvalue weighted by Gasteiger charge is -2.25. The van der Waals surface area contributed by atoms with E-state index in [4.69, 9.17) is 4.74 Å². The predicted octanol–water partition coefficient (Wildman–Crippen LogP) is 0.777. The number of ether oxygens (including phenoxy) is 1. The van der Waals surface area contributed by atoms with Crippen molar-refractivity contribution in [1.82, 2.24) is 25.8 Å². The highest BCUT2D eigenvalue weighted by molar-refractivity contribution is 5.99. The van der Waals surface area contributed by atoms with Crippen LogP contribution in [0.1, 0.15) is 52.2 Å². The molecule has 0 unspecified atom stereocenters. The van der Waals surface area contributed by atoms with Gasteiger partial charge >= 0.3 is 0 Å². The van der Waals surface area contributed by atoms with Gasteiger partial charge in [0.25, 0.3) is 11.8 Å². The number of carbonyl (C=O) groups excluding carboxylic acids is 2. The van der Waals surface area contributed by atoms with Crippen LogP contribution in [-0.4, -0.2) is 51.3 Å². The number of rotatable bonds is 6. The van der Waals surface area contributed by atoms with Crippen molar-refractivity contribution in [3.05, 3.63) is 41.5 Å². The molecule has 3 rings (SSSR count). The zero-order valence-corrected chi connectivity index (χ0v) is 15.1. The summed E-state index contributed by atoms with van der Waals surface area (Å²) in [6.45, 7) is 0.193. The van der Waals surface area contributed by atoms with E-state index in [0.29, 0.717) is 12.8 Å². The van der Waals surface area contributed by atoms with Crippen molar-refractivity contribution in [2.45, 2.75) is 44.4 Å². The average Bonchev–Trinajstić information content (AvgIpc) is 3.13. The first-order valence-electron chi connectivity index (χ1n) is 8.89. The van der Waals surface area contributed by atoms with Crippen LogP contribution in [0.25, 0.3) is 0 Å². The van der Waals surface area contributed by atoms with Crippen molar-refractivity contribution in [3.8, 4) is 5.75 Å². The van der Waals surface area contributed by atoms with Gasteiger partial charge in [-0.05, 0) is 31.7 Å². The summed E-state index contributed by atoms with van der Waals surface area (Å²) in [5.74, 6) is -0.393. The molecule has 144 valence electrons. The molecule has 4 N–H and O–H groups in total. The van der Waals surface area contributed by atoms with Gasteiger partial charge in [-0.3, -0.25) is 9.59 Å². The fourth-order valence-electron chi connectivity index (χ4n) is 3.01. The molecule has 9 heteroatoms. The smallest absolute Gasteiger partial charge is 0.271 e. The monoisotopic (exact) mass is 373 g/mol. The fraction of sp³-hybridized carbons (Fsp3) is 0.444. The molecule has 0 radical (unpaired) electrons. The van der Waals surface area contributed by atoms with Crippen molar-refractivity contribution < 1.29 is 19.4 Å². The molecule has 0 atom stereocenters. The second-order valence-corrected chi connectivity index (χ2v) is 6.52. The molecule has 0 aliphatic heterocycles. The Morgan fingerprint density at radius 1 is 1.26 bits per heavy atom. The maximum Gasteiger partial charge on any atom is 0.271 e. The lowest BCUT2D eigenvalue weighted by atomic mass is 9.93. The van der Waals surface area contributed by atoms with Gasteiger partial charge in [0.05, 0.1) is 12.3 Å². The number of nitrogens with zero attached hydrogens (tertiary/aromatic N) is 2. The molecule has 1 aliphatic rings. The molecule has 2 aromatic heterocycles. The highest BCUT2D eigenvalue weighted by atomic mass is 16.5. The molecule has 27 heavy (non-hydrogen) atoms. The van der Waals surface area contributed by atoms with E-state index in [1.54, 1.807) is 18.5 Å². The lowest BCUT2D eigenvalue weighted by Crippen LogP contribution is -2.38. The highest BCUT2D eigenvalue weighted by Crippen LogP contribution is 2.23. The SMILES string of the molecule is CNC(=O)c1[nH]c(C(=O)NC2CCC(O)CC2)cc1OCc1ccnnc1. The van der Waals surface area contributed by atoms with E-state index in [-0.39, 0.29) is 47.7 Å². The molecule has 1 saturated carbocycles. The van der Waals surface area contributed by atoms with Crippen LogP contribution in [0.2, 0.25) is 0 Å². The highest BCUT2D eigenvalue weighted by Gasteiger charge is 2.24. The Balaban J connectivity index is 1.70. The van der Waals surface area contributed by atoms with E-state index in [9.17, 15) is 14.7 Å². The number of carbonyl (C=O) groups is 2. The van der Waals surface area contributed by atoms with E-state index in [1.807, 2.05) is 0 Å². The van der Waals surface area contributed by atoms with Crippen LogP contribution in [0.15, 0.2) is 24.5 Å². The second kappa shape index (κ2) is 8.63. The van der Waals surface area contributed by atoms with E-state index in [0.717, 1.165) is 18.4 Å². The Bertz CT molecular complexity index is 784. The molecular formula is C18H23N5O4. The number of H-pyrrole nitrogens is 1. The summed E-state index contributed by atoms with van der Waals surface area (Å²) in [5.41, 5.74) is 1.23. The molecular weight excluding hydrogens is 350 g/mol. The third-order valence-corrected chi connectivity index (χ3v) is 4.55. The molecule has 0 spiro atoms. The zero-order valence-electron chi connectivity index (χ0n) is 15.1. The van der Waals surface area contributed by atoms with Gasteiger partial charge in [-0.15, -0.1) is 0 Å². The van der Waals surface area contributed by atoms with Crippen LogP contribution in [0.5, 0.6) is 5.75 Å². The number of aromatic amines is 1. The molecule has 1 aliphatic carbocycles. The van der Waals surface area contributed by atoms with Crippen molar-refractivity contribution >= 4 is 11.8 Å². The van der Waals surface area contributed by atoms with Crippen molar-refractivity contribution in [1.29, 1.82) is 0 Å². The van der Waals surface area contributed by atoms with Crippen molar-refractivity contribution in [2.24, 2.45) is 0 Å². The van der Waals surface area contributed by atoms with E-state index in [1.165, 1.54) is 13.1 Å². The summed E-state index contributed by atoms with van der Waals surface area (Å²) in [6, 6.07) is 3.29. The number of aliphatic hydroxyl groups excluding tert-OH is 1. The maximum atomic E-state index is 12.5. The van der Waals surface area contributed by atoms with E-state index >= 15 is 0 Å². The standard InChI is InChI=1S/C18H23N5O4/c1-19-18(26)16-15(27-10-11-6-7-20-21-9-11)8-14(23-16)17(25)22-12-2-4-13(24)5-3-12/h6-9,12-13,23-24H,2-5,10H2,1H3,(H,19,26)(H,22,25). The van der Waals surface area contributed by atoms with E-state index in [2.05, 4.69) is 25.8 Å². The summed E-state index contributed by atoms with van der Waals surface area (Å²) >= 11 is 0. The topological polar surface area (TPSA) is 129 Å². The normalized spacial score (nSPS) is 19.3. The first kappa shape index (κ1) is 18.8. The van der Waals surface area contributed by atoms with Crippen LogP contribution in [-0.2, 0) is 6.61 Å². The molecule has 0 bridgehead atoms. The fourth-order valence-corrected chi connectivity index (χ4v) is 3.01. The molecule has 1 fully saturated rings. The number of aliphatic hydroxyl groups is 1. The van der Waals surface area contributed by atoms with Crippen molar-refractivity contribution in [2.75, 3.05) is 7.05 Å². The average molecular weight is 373 g/mol. The Labute approximate surface area is 156 Å². The zero-order chi connectivity index (χ0) is 19.2. The quantitative estimate of drug-likeness (QED) is 0.592. The summed E-state index contributed by atoms with van der Waals surface area (Å²) in [6.07, 6.45) is 5.64. The summed E-state index contributed by atoms with van der Waals surface area (Å²) < 4.78 is 5.71. The number of amides is 2. The minimum atomic E-state index is -0.377. The van der Waals surface area contributed by atoms with Gasteiger partial charge in [-0.1, -0.05) is 0 Å². The molecule has 2 aromatic rings. The largest absolute Gasteiger partial charge is 0.486 e. The van der Waals surface area contributed by atoms with Gasteiger partial charge in [0.2, 0.25) is 0 Å². The Hall–Kier alpha value is -2.94. The van der Waals surface area contributed by atoms with Crippen molar-refractivity contribution in [3.63, 3.8) is 0 Å². The number of aromatic nitrogens is 3. The van der Waals surface area contributed by atoms with Gasteiger partial charge in [0, 0.05) is 30.9 Å². The first-order valence-corrected chi connectivity index (χ1v) is 8.89. The second-order valence-electron chi connectivity index (χ2n) is 6.52. The summed E-state index contributed by atoms with van der Waals surface area (Å²) in [4.78, 5) is 27.5. The third-order valence-electron chi connectivity index (χ3n) is 4.55. The van der Waals surface area contributed by atoms with Crippen LogP contribution in [0.3, 0.4) is 0 Å². The maximum absolute atomic E-state index is 12.5. The number of nitrogens with one attached hydrogen (secondary N) is 3.